The molecule has 0 atom stereocenters. The molecule has 0 bridgehead atoms. The van der Waals surface area contributed by atoms with Crippen molar-refractivity contribution < 1.29 is 17.9 Å². The van der Waals surface area contributed by atoms with Crippen molar-refractivity contribution in [2.75, 3.05) is 0 Å². The summed E-state index contributed by atoms with van der Waals surface area (Å²) < 4.78 is 34.2. The molecule has 0 fully saturated rings. The number of rotatable bonds is 3. The van der Waals surface area contributed by atoms with E-state index in [1.165, 1.54) is 12.1 Å². The number of aliphatic hydroxyl groups is 1. The Morgan fingerprint density at radius 1 is 1.43 bits per heavy atom. The Labute approximate surface area is 85.6 Å². The van der Waals surface area contributed by atoms with Gasteiger partial charge in [-0.3, -0.25) is 0 Å². The lowest BCUT2D eigenvalue weighted by molar-refractivity contribution is 0.275. The van der Waals surface area contributed by atoms with Crippen LogP contribution in [0.1, 0.15) is 11.1 Å². The molecule has 1 rings (SSSR count). The Hall–Kier alpha value is -0.650. The lowest BCUT2D eigenvalue weighted by Gasteiger charge is -2.02. The van der Waals surface area contributed by atoms with Crippen LogP contribution in [0.5, 0.6) is 0 Å². The molecule has 78 valence electrons. The van der Waals surface area contributed by atoms with Gasteiger partial charge in [0.05, 0.1) is 12.4 Å². The summed E-state index contributed by atoms with van der Waals surface area (Å²) in [6.07, 6.45) is 0. The average molecular weight is 239 g/mol. The Balaban J connectivity index is 3.01. The zero-order chi connectivity index (χ0) is 10.8. The highest BCUT2D eigenvalue weighted by Crippen LogP contribution is 2.14. The van der Waals surface area contributed by atoms with Crippen molar-refractivity contribution in [3.63, 3.8) is 0 Å². The van der Waals surface area contributed by atoms with E-state index in [1.54, 1.807) is 0 Å². The van der Waals surface area contributed by atoms with Crippen molar-refractivity contribution >= 4 is 19.7 Å². The molecular formula is C8H8ClFO3S. The van der Waals surface area contributed by atoms with Crippen LogP contribution in [0.2, 0.25) is 0 Å². The molecular weight excluding hydrogens is 231 g/mol. The number of hydrogen-bond donors (Lipinski definition) is 1. The minimum absolute atomic E-state index is 0.0582. The van der Waals surface area contributed by atoms with Crippen molar-refractivity contribution in [3.8, 4) is 0 Å². The molecule has 1 aromatic carbocycles. The third-order valence-corrected chi connectivity index (χ3v) is 2.63. The molecule has 0 aliphatic carbocycles. The molecule has 0 aliphatic rings. The largest absolute Gasteiger partial charge is 0.392 e. The van der Waals surface area contributed by atoms with Gasteiger partial charge < -0.3 is 5.11 Å². The van der Waals surface area contributed by atoms with E-state index in [0.29, 0.717) is 5.56 Å². The molecule has 0 spiro atoms. The first kappa shape index (κ1) is 11.4. The third-order valence-electron chi connectivity index (χ3n) is 1.62. The Kier molecular flexibility index (Phi) is 3.47. The summed E-state index contributed by atoms with van der Waals surface area (Å²) >= 11 is 0. The number of halogens is 2. The molecule has 0 unspecified atom stereocenters. The van der Waals surface area contributed by atoms with E-state index in [4.69, 9.17) is 15.8 Å². The maximum atomic E-state index is 12.9. The normalized spacial score (nSPS) is 11.6. The monoisotopic (exact) mass is 238 g/mol. The van der Waals surface area contributed by atoms with E-state index in [-0.39, 0.29) is 11.3 Å². The number of aliphatic hydroxyl groups excluding tert-OH is 1. The lowest BCUT2D eigenvalue weighted by Crippen LogP contribution is -1.98. The van der Waals surface area contributed by atoms with E-state index in [9.17, 15) is 12.8 Å². The Morgan fingerprint density at radius 2 is 2.07 bits per heavy atom. The van der Waals surface area contributed by atoms with Crippen molar-refractivity contribution in [2.24, 2.45) is 0 Å². The second kappa shape index (κ2) is 4.25. The standard InChI is InChI=1S/C8H8ClFO3S/c9-14(12,13)5-6-1-2-8(10)7(3-6)4-11/h1-3,11H,4-5H2. The fraction of sp³-hybridized carbons (Fsp3) is 0.250. The van der Waals surface area contributed by atoms with Gasteiger partial charge in [-0.2, -0.15) is 0 Å². The van der Waals surface area contributed by atoms with Crippen LogP contribution in [0.4, 0.5) is 4.39 Å². The highest BCUT2D eigenvalue weighted by Gasteiger charge is 2.09. The average Bonchev–Trinajstić information content (AvgIpc) is 2.06. The summed E-state index contributed by atoms with van der Waals surface area (Å²) in [4.78, 5) is 0. The van der Waals surface area contributed by atoms with Crippen LogP contribution in [-0.2, 0) is 21.4 Å². The summed E-state index contributed by atoms with van der Waals surface area (Å²) in [5, 5.41) is 8.72. The van der Waals surface area contributed by atoms with Crippen LogP contribution in [-0.4, -0.2) is 13.5 Å². The highest BCUT2D eigenvalue weighted by molar-refractivity contribution is 8.13. The predicted molar refractivity (Wildman–Crippen MR) is 50.8 cm³/mol. The summed E-state index contributed by atoms with van der Waals surface area (Å²) in [6, 6.07) is 3.69. The fourth-order valence-electron chi connectivity index (χ4n) is 1.04. The first-order valence-electron chi connectivity index (χ1n) is 3.73. The van der Waals surface area contributed by atoms with Gasteiger partial charge in [-0.25, -0.2) is 12.8 Å². The molecule has 0 aromatic heterocycles. The van der Waals surface area contributed by atoms with Gasteiger partial charge in [0, 0.05) is 16.2 Å². The van der Waals surface area contributed by atoms with Crippen molar-refractivity contribution in [3.05, 3.63) is 35.1 Å². The molecule has 0 amide bonds. The van der Waals surface area contributed by atoms with Crippen LogP contribution in [0.3, 0.4) is 0 Å². The van der Waals surface area contributed by atoms with Crippen LogP contribution in [0, 0.1) is 5.82 Å². The van der Waals surface area contributed by atoms with Crippen LogP contribution in [0.25, 0.3) is 0 Å². The third kappa shape index (κ3) is 3.25. The van der Waals surface area contributed by atoms with Gasteiger partial charge in [0.2, 0.25) is 9.05 Å². The molecule has 1 aromatic rings. The maximum Gasteiger partial charge on any atom is 0.236 e. The van der Waals surface area contributed by atoms with E-state index >= 15 is 0 Å². The molecule has 0 heterocycles. The minimum atomic E-state index is -3.65. The summed E-state index contributed by atoms with van der Waals surface area (Å²) in [7, 11) is 1.37. The van der Waals surface area contributed by atoms with E-state index in [2.05, 4.69) is 0 Å². The summed E-state index contributed by atoms with van der Waals surface area (Å²) in [5.74, 6) is -0.940. The minimum Gasteiger partial charge on any atom is -0.392 e. The fourth-order valence-corrected chi connectivity index (χ4v) is 1.99. The molecule has 14 heavy (non-hydrogen) atoms. The highest BCUT2D eigenvalue weighted by atomic mass is 35.7. The number of benzene rings is 1. The van der Waals surface area contributed by atoms with E-state index < -0.39 is 21.5 Å². The van der Waals surface area contributed by atoms with Crippen molar-refractivity contribution in [1.82, 2.24) is 0 Å². The Morgan fingerprint density at radius 3 is 2.57 bits per heavy atom. The number of hydrogen-bond acceptors (Lipinski definition) is 3. The molecule has 0 radical (unpaired) electrons. The smallest absolute Gasteiger partial charge is 0.236 e. The second-order valence-electron chi connectivity index (χ2n) is 2.77. The molecule has 0 saturated heterocycles. The topological polar surface area (TPSA) is 54.4 Å². The zero-order valence-corrected chi connectivity index (χ0v) is 8.65. The molecule has 1 N–H and O–H groups in total. The van der Waals surface area contributed by atoms with Gasteiger partial charge in [0.15, 0.2) is 0 Å². The summed E-state index contributed by atoms with van der Waals surface area (Å²) in [6.45, 7) is -0.470. The molecule has 3 nitrogen and oxygen atoms in total. The van der Waals surface area contributed by atoms with Crippen LogP contribution in [0.15, 0.2) is 18.2 Å². The quantitative estimate of drug-likeness (QED) is 0.810. The van der Waals surface area contributed by atoms with Crippen molar-refractivity contribution in [1.29, 1.82) is 0 Å². The predicted octanol–water partition coefficient (Wildman–Crippen LogP) is 1.39. The van der Waals surface area contributed by atoms with Crippen LogP contribution >= 0.6 is 10.7 Å². The van der Waals surface area contributed by atoms with Gasteiger partial charge >= 0.3 is 0 Å². The molecule has 0 aliphatic heterocycles. The Bertz CT molecular complexity index is 430. The maximum absolute atomic E-state index is 12.9. The lowest BCUT2D eigenvalue weighted by atomic mass is 10.1. The van der Waals surface area contributed by atoms with Gasteiger partial charge in [-0.05, 0) is 17.7 Å². The molecule has 0 saturated carbocycles. The molecule has 6 heteroatoms. The van der Waals surface area contributed by atoms with Crippen LogP contribution < -0.4 is 0 Å². The van der Waals surface area contributed by atoms with E-state index in [0.717, 1.165) is 6.07 Å². The van der Waals surface area contributed by atoms with Gasteiger partial charge in [0.25, 0.3) is 0 Å². The first-order valence-corrected chi connectivity index (χ1v) is 6.21. The first-order chi connectivity index (χ1) is 6.42. The van der Waals surface area contributed by atoms with E-state index in [1.807, 2.05) is 0 Å². The zero-order valence-electron chi connectivity index (χ0n) is 7.07. The second-order valence-corrected chi connectivity index (χ2v) is 5.54. The van der Waals surface area contributed by atoms with Gasteiger partial charge in [-0.1, -0.05) is 6.07 Å². The van der Waals surface area contributed by atoms with Gasteiger partial charge in [0.1, 0.15) is 5.82 Å². The SMILES string of the molecule is O=S(=O)(Cl)Cc1ccc(F)c(CO)c1. The van der Waals surface area contributed by atoms with Crippen molar-refractivity contribution in [2.45, 2.75) is 12.4 Å². The summed E-state index contributed by atoms with van der Waals surface area (Å²) in [5.41, 5.74) is 0.410. The van der Waals surface area contributed by atoms with Gasteiger partial charge in [-0.15, -0.1) is 0 Å².